The number of methoxy groups -OCH3 is 1. The minimum absolute atomic E-state index is 0.143. The molecule has 0 aliphatic carbocycles. The van der Waals surface area contributed by atoms with E-state index in [0.29, 0.717) is 11.9 Å². The minimum Gasteiger partial charge on any atom is -0.497 e. The van der Waals surface area contributed by atoms with Gasteiger partial charge in [0, 0.05) is 25.8 Å². The van der Waals surface area contributed by atoms with Gasteiger partial charge in [-0.2, -0.15) is 15.0 Å². The van der Waals surface area contributed by atoms with Crippen LogP contribution in [0.3, 0.4) is 0 Å². The van der Waals surface area contributed by atoms with Gasteiger partial charge >= 0.3 is 0 Å². The molecule has 7 heteroatoms. The highest BCUT2D eigenvalue weighted by Crippen LogP contribution is 2.25. The number of anilines is 3. The van der Waals surface area contributed by atoms with Crippen molar-refractivity contribution < 1.29 is 4.74 Å². The fraction of sp³-hybridized carbons (Fsp3) is 0.250. The number of halogens is 1. The number of nitrogens with one attached hydrogen (secondary N) is 1. The number of hydrogen-bond donors (Lipinski definition) is 1. The molecule has 0 unspecified atom stereocenters. The van der Waals surface area contributed by atoms with Gasteiger partial charge in [-0.25, -0.2) is 0 Å². The van der Waals surface area contributed by atoms with Crippen LogP contribution in [0.1, 0.15) is 0 Å². The molecule has 0 radical (unpaired) electrons. The lowest BCUT2D eigenvalue weighted by atomic mass is 10.3. The molecule has 0 saturated heterocycles. The summed E-state index contributed by atoms with van der Waals surface area (Å²) >= 11 is 5.87. The number of aromatic nitrogens is 3. The lowest BCUT2D eigenvalue weighted by Gasteiger charge is -2.18. The van der Waals surface area contributed by atoms with E-state index in [1.165, 1.54) is 0 Å². The molecule has 1 aromatic heterocycles. The molecule has 0 atom stereocenters. The Morgan fingerprint density at radius 2 is 2.05 bits per heavy atom. The van der Waals surface area contributed by atoms with Crippen molar-refractivity contribution >= 4 is 29.2 Å². The number of rotatable bonds is 4. The van der Waals surface area contributed by atoms with Gasteiger partial charge in [0.2, 0.25) is 17.2 Å². The average Bonchev–Trinajstić information content (AvgIpc) is 2.45. The van der Waals surface area contributed by atoms with Gasteiger partial charge in [0.15, 0.2) is 0 Å². The Hall–Kier alpha value is -2.08. The quantitative estimate of drug-likeness (QED) is 0.927. The van der Waals surface area contributed by atoms with Crippen molar-refractivity contribution in [3.05, 3.63) is 29.5 Å². The van der Waals surface area contributed by atoms with E-state index in [4.69, 9.17) is 16.3 Å². The zero-order valence-electron chi connectivity index (χ0n) is 10.9. The van der Waals surface area contributed by atoms with E-state index < -0.39 is 0 Å². The molecule has 1 N–H and O–H groups in total. The largest absolute Gasteiger partial charge is 0.497 e. The van der Waals surface area contributed by atoms with Crippen LogP contribution in [-0.4, -0.2) is 36.2 Å². The van der Waals surface area contributed by atoms with Crippen LogP contribution >= 0.6 is 11.6 Å². The van der Waals surface area contributed by atoms with E-state index in [0.717, 1.165) is 11.4 Å². The lowest BCUT2D eigenvalue weighted by Crippen LogP contribution is -2.14. The van der Waals surface area contributed by atoms with Crippen molar-refractivity contribution in [2.75, 3.05) is 31.4 Å². The van der Waals surface area contributed by atoms with Crippen LogP contribution in [0.25, 0.3) is 0 Å². The first-order valence-corrected chi connectivity index (χ1v) is 5.99. The summed E-state index contributed by atoms with van der Waals surface area (Å²) in [6.45, 7) is 0. The summed E-state index contributed by atoms with van der Waals surface area (Å²) in [5, 5.41) is 2.98. The lowest BCUT2D eigenvalue weighted by molar-refractivity contribution is 0.415. The van der Waals surface area contributed by atoms with Crippen LogP contribution in [0.4, 0.5) is 17.6 Å². The Morgan fingerprint density at radius 3 is 2.74 bits per heavy atom. The summed E-state index contributed by atoms with van der Waals surface area (Å²) < 4.78 is 5.19. The van der Waals surface area contributed by atoms with Crippen molar-refractivity contribution in [3.63, 3.8) is 0 Å². The van der Waals surface area contributed by atoms with Gasteiger partial charge in [0.05, 0.1) is 7.11 Å². The van der Waals surface area contributed by atoms with E-state index in [2.05, 4.69) is 20.3 Å². The molecule has 0 aliphatic rings. The molecule has 0 saturated carbocycles. The highest BCUT2D eigenvalue weighted by Gasteiger charge is 2.11. The monoisotopic (exact) mass is 279 g/mol. The van der Waals surface area contributed by atoms with Gasteiger partial charge in [-0.1, -0.05) is 6.07 Å². The predicted molar refractivity (Wildman–Crippen MR) is 75.4 cm³/mol. The van der Waals surface area contributed by atoms with Crippen molar-refractivity contribution in [3.8, 4) is 5.75 Å². The first kappa shape index (κ1) is 13.4. The normalized spacial score (nSPS) is 10.1. The highest BCUT2D eigenvalue weighted by molar-refractivity contribution is 6.28. The summed E-state index contributed by atoms with van der Waals surface area (Å²) in [6.07, 6.45) is 0. The maximum absolute atomic E-state index is 5.87. The molecule has 6 nitrogen and oxygen atoms in total. The Kier molecular flexibility index (Phi) is 4.01. The fourth-order valence-electron chi connectivity index (χ4n) is 1.54. The zero-order chi connectivity index (χ0) is 13.8. The molecule has 1 heterocycles. The van der Waals surface area contributed by atoms with Crippen LogP contribution in [0.5, 0.6) is 5.75 Å². The molecule has 0 aliphatic heterocycles. The smallest absolute Gasteiger partial charge is 0.235 e. The average molecular weight is 280 g/mol. The second-order valence-electron chi connectivity index (χ2n) is 3.74. The second kappa shape index (κ2) is 5.71. The zero-order valence-corrected chi connectivity index (χ0v) is 11.6. The summed E-state index contributed by atoms with van der Waals surface area (Å²) in [4.78, 5) is 14.1. The molecule has 0 spiro atoms. The molecule has 0 fully saturated rings. The summed E-state index contributed by atoms with van der Waals surface area (Å²) in [5.74, 6) is 1.64. The van der Waals surface area contributed by atoms with Gasteiger partial charge < -0.3 is 15.0 Å². The molecule has 2 aromatic rings. The second-order valence-corrected chi connectivity index (χ2v) is 4.08. The van der Waals surface area contributed by atoms with Crippen LogP contribution in [-0.2, 0) is 0 Å². The molecule has 19 heavy (non-hydrogen) atoms. The van der Waals surface area contributed by atoms with E-state index in [1.54, 1.807) is 19.1 Å². The Labute approximate surface area is 116 Å². The summed E-state index contributed by atoms with van der Waals surface area (Å²) in [7, 11) is 5.19. The summed E-state index contributed by atoms with van der Waals surface area (Å²) in [5.41, 5.74) is 0.892. The third kappa shape index (κ3) is 3.03. The third-order valence-electron chi connectivity index (χ3n) is 2.56. The van der Waals surface area contributed by atoms with Crippen LogP contribution < -0.4 is 15.0 Å². The maximum Gasteiger partial charge on any atom is 0.235 e. The molecule has 100 valence electrons. The molecule has 0 amide bonds. The van der Waals surface area contributed by atoms with Gasteiger partial charge in [-0.05, 0) is 23.7 Å². The van der Waals surface area contributed by atoms with Gasteiger partial charge in [-0.15, -0.1) is 0 Å². The number of ether oxygens (including phenoxy) is 1. The van der Waals surface area contributed by atoms with Crippen molar-refractivity contribution in [1.82, 2.24) is 15.0 Å². The molecule has 1 aromatic carbocycles. The Balaban J connectivity index is 2.37. The fourth-order valence-corrected chi connectivity index (χ4v) is 1.69. The Morgan fingerprint density at radius 1 is 1.26 bits per heavy atom. The number of nitrogens with zero attached hydrogens (tertiary/aromatic N) is 4. The Bertz CT molecular complexity index is 578. The molecular formula is C12H14ClN5O. The first-order chi connectivity index (χ1) is 9.13. The maximum atomic E-state index is 5.87. The van der Waals surface area contributed by atoms with Crippen molar-refractivity contribution in [2.24, 2.45) is 0 Å². The SMILES string of the molecule is CNc1nc(Cl)nc(N(C)c2cccc(OC)c2)n1. The van der Waals surface area contributed by atoms with E-state index in [1.807, 2.05) is 31.3 Å². The van der Waals surface area contributed by atoms with Crippen LogP contribution in [0, 0.1) is 0 Å². The third-order valence-corrected chi connectivity index (χ3v) is 2.73. The summed E-state index contributed by atoms with van der Waals surface area (Å²) in [6, 6.07) is 7.58. The van der Waals surface area contributed by atoms with E-state index in [9.17, 15) is 0 Å². The topological polar surface area (TPSA) is 63.2 Å². The molecule has 0 bridgehead atoms. The van der Waals surface area contributed by atoms with Gasteiger partial charge in [-0.3, -0.25) is 0 Å². The molecular weight excluding hydrogens is 266 g/mol. The van der Waals surface area contributed by atoms with E-state index in [-0.39, 0.29) is 5.28 Å². The van der Waals surface area contributed by atoms with Gasteiger partial charge in [0.1, 0.15) is 5.75 Å². The van der Waals surface area contributed by atoms with Crippen molar-refractivity contribution in [2.45, 2.75) is 0 Å². The predicted octanol–water partition coefficient (Wildman–Crippen LogP) is 2.34. The van der Waals surface area contributed by atoms with Gasteiger partial charge in [0.25, 0.3) is 0 Å². The standard InChI is InChI=1S/C12H14ClN5O/c1-14-11-15-10(13)16-12(17-11)18(2)8-5-4-6-9(7-8)19-3/h4-7H,1-3H3,(H,14,15,16,17). The van der Waals surface area contributed by atoms with Crippen molar-refractivity contribution in [1.29, 1.82) is 0 Å². The number of hydrogen-bond acceptors (Lipinski definition) is 6. The molecule has 2 rings (SSSR count). The van der Waals surface area contributed by atoms with Crippen LogP contribution in [0.2, 0.25) is 5.28 Å². The van der Waals surface area contributed by atoms with Crippen LogP contribution in [0.15, 0.2) is 24.3 Å². The van der Waals surface area contributed by atoms with E-state index >= 15 is 0 Å². The number of benzene rings is 1. The minimum atomic E-state index is 0.143. The highest BCUT2D eigenvalue weighted by atomic mass is 35.5. The first-order valence-electron chi connectivity index (χ1n) is 5.61.